The number of amides is 2. The molecular weight excluding hydrogens is 356 g/mol. The number of benzene rings is 1. The summed E-state index contributed by atoms with van der Waals surface area (Å²) in [6.45, 7) is -0.304. The summed E-state index contributed by atoms with van der Waals surface area (Å²) >= 11 is 11.9. The molecule has 1 atom stereocenters. The summed E-state index contributed by atoms with van der Waals surface area (Å²) < 4.78 is 37.5. The third-order valence-electron chi connectivity index (χ3n) is 3.53. The molecule has 1 fully saturated rings. The van der Waals surface area contributed by atoms with Gasteiger partial charge in [0.2, 0.25) is 5.91 Å². The van der Waals surface area contributed by atoms with E-state index < -0.39 is 23.9 Å². The highest BCUT2D eigenvalue weighted by molar-refractivity contribution is 6.39. The molecule has 0 spiro atoms. The van der Waals surface area contributed by atoms with Crippen molar-refractivity contribution < 1.29 is 22.8 Å². The number of piperidine rings is 1. The number of rotatable bonds is 2. The van der Waals surface area contributed by atoms with Crippen LogP contribution in [0.3, 0.4) is 0 Å². The van der Waals surface area contributed by atoms with E-state index in [9.17, 15) is 22.8 Å². The largest absolute Gasteiger partial charge is 0.471 e. The SMILES string of the molecule is O=C(Nc1c(Cl)cccc1Cl)C1CCCN(C(=O)C(F)(F)F)C1. The van der Waals surface area contributed by atoms with Crippen LogP contribution in [0, 0.1) is 5.92 Å². The predicted molar refractivity (Wildman–Crippen MR) is 80.5 cm³/mol. The lowest BCUT2D eigenvalue weighted by Crippen LogP contribution is -2.48. The molecule has 2 amide bonds. The molecule has 0 radical (unpaired) electrons. The van der Waals surface area contributed by atoms with Gasteiger partial charge in [-0.2, -0.15) is 13.2 Å². The van der Waals surface area contributed by atoms with E-state index in [1.807, 2.05) is 0 Å². The quantitative estimate of drug-likeness (QED) is 0.864. The topological polar surface area (TPSA) is 49.4 Å². The molecule has 1 unspecified atom stereocenters. The number of anilines is 1. The van der Waals surface area contributed by atoms with Gasteiger partial charge in [0.25, 0.3) is 0 Å². The summed E-state index contributed by atoms with van der Waals surface area (Å²) in [5.74, 6) is -3.19. The van der Waals surface area contributed by atoms with E-state index >= 15 is 0 Å². The lowest BCUT2D eigenvalue weighted by Gasteiger charge is -2.32. The Morgan fingerprint density at radius 3 is 2.39 bits per heavy atom. The first-order valence-electron chi connectivity index (χ1n) is 6.81. The minimum atomic E-state index is -4.94. The average molecular weight is 369 g/mol. The lowest BCUT2D eigenvalue weighted by atomic mass is 9.97. The van der Waals surface area contributed by atoms with Crippen LogP contribution in [0.25, 0.3) is 0 Å². The molecule has 1 aromatic rings. The monoisotopic (exact) mass is 368 g/mol. The summed E-state index contributed by atoms with van der Waals surface area (Å²) in [5.41, 5.74) is 0.208. The van der Waals surface area contributed by atoms with Gasteiger partial charge in [0.1, 0.15) is 0 Å². The fraction of sp³-hybridized carbons (Fsp3) is 0.429. The minimum Gasteiger partial charge on any atom is -0.334 e. The number of hydrogen-bond donors (Lipinski definition) is 1. The maximum absolute atomic E-state index is 12.5. The highest BCUT2D eigenvalue weighted by Gasteiger charge is 2.44. The Balaban J connectivity index is 2.07. The van der Waals surface area contributed by atoms with E-state index in [1.54, 1.807) is 6.07 Å². The van der Waals surface area contributed by atoms with Crippen molar-refractivity contribution in [1.29, 1.82) is 0 Å². The van der Waals surface area contributed by atoms with Gasteiger partial charge in [-0.3, -0.25) is 9.59 Å². The standard InChI is InChI=1S/C14H13Cl2F3N2O2/c15-9-4-1-5-10(16)11(9)20-12(22)8-3-2-6-21(7-8)13(23)14(17,18)19/h1,4-5,8H,2-3,6-7H2,(H,20,22). The molecule has 126 valence electrons. The molecule has 23 heavy (non-hydrogen) atoms. The fourth-order valence-corrected chi connectivity index (χ4v) is 2.89. The van der Waals surface area contributed by atoms with Crippen molar-refractivity contribution in [2.24, 2.45) is 5.92 Å². The predicted octanol–water partition coefficient (Wildman–Crippen LogP) is 3.73. The van der Waals surface area contributed by atoms with Crippen LogP contribution in [0.1, 0.15) is 12.8 Å². The molecule has 1 N–H and O–H groups in total. The van der Waals surface area contributed by atoms with Crippen molar-refractivity contribution >= 4 is 40.7 Å². The third kappa shape index (κ3) is 4.29. The van der Waals surface area contributed by atoms with E-state index in [0.29, 0.717) is 17.7 Å². The van der Waals surface area contributed by atoms with Crippen LogP contribution >= 0.6 is 23.2 Å². The van der Waals surface area contributed by atoms with Gasteiger partial charge in [0.05, 0.1) is 21.7 Å². The zero-order valence-electron chi connectivity index (χ0n) is 11.8. The number of alkyl halides is 3. The van der Waals surface area contributed by atoms with E-state index in [2.05, 4.69) is 5.32 Å². The van der Waals surface area contributed by atoms with Crippen molar-refractivity contribution in [3.05, 3.63) is 28.2 Å². The van der Waals surface area contributed by atoms with Crippen LogP contribution in [-0.4, -0.2) is 36.0 Å². The number of hydrogen-bond acceptors (Lipinski definition) is 2. The number of likely N-dealkylation sites (tertiary alicyclic amines) is 1. The number of halogens is 5. The molecule has 2 rings (SSSR count). The highest BCUT2D eigenvalue weighted by atomic mass is 35.5. The zero-order valence-corrected chi connectivity index (χ0v) is 13.3. The van der Waals surface area contributed by atoms with Crippen molar-refractivity contribution in [2.75, 3.05) is 18.4 Å². The lowest BCUT2D eigenvalue weighted by molar-refractivity contribution is -0.187. The molecule has 0 saturated carbocycles. The number of para-hydroxylation sites is 1. The number of nitrogens with one attached hydrogen (secondary N) is 1. The second kappa shape index (κ2) is 6.97. The molecule has 0 aliphatic carbocycles. The Bertz CT molecular complexity index is 602. The second-order valence-corrected chi connectivity index (χ2v) is 5.99. The molecule has 1 aliphatic heterocycles. The molecular formula is C14H13Cl2F3N2O2. The number of carbonyl (C=O) groups excluding carboxylic acids is 2. The van der Waals surface area contributed by atoms with E-state index in [-0.39, 0.29) is 28.8 Å². The number of nitrogens with zero attached hydrogens (tertiary/aromatic N) is 1. The minimum absolute atomic E-state index is 0.0189. The van der Waals surface area contributed by atoms with Gasteiger partial charge in [0.15, 0.2) is 0 Å². The smallest absolute Gasteiger partial charge is 0.334 e. The van der Waals surface area contributed by atoms with Crippen molar-refractivity contribution in [3.8, 4) is 0 Å². The fourth-order valence-electron chi connectivity index (χ4n) is 2.40. The van der Waals surface area contributed by atoms with Gasteiger partial charge in [-0.25, -0.2) is 0 Å². The summed E-state index contributed by atoms with van der Waals surface area (Å²) in [4.78, 5) is 24.2. The van der Waals surface area contributed by atoms with Crippen LogP contribution in [0.4, 0.5) is 18.9 Å². The molecule has 9 heteroatoms. The average Bonchev–Trinajstić information content (AvgIpc) is 2.49. The summed E-state index contributed by atoms with van der Waals surface area (Å²) in [6, 6.07) is 4.66. The second-order valence-electron chi connectivity index (χ2n) is 5.17. The Labute approximate surface area is 140 Å². The van der Waals surface area contributed by atoms with Crippen molar-refractivity contribution in [3.63, 3.8) is 0 Å². The normalized spacial score (nSPS) is 18.7. The number of carbonyl (C=O) groups is 2. The molecule has 1 aliphatic rings. The Morgan fingerprint density at radius 2 is 1.83 bits per heavy atom. The summed E-state index contributed by atoms with van der Waals surface area (Å²) in [6.07, 6.45) is -4.24. The van der Waals surface area contributed by atoms with Gasteiger partial charge >= 0.3 is 12.1 Å². The summed E-state index contributed by atoms with van der Waals surface area (Å²) in [5, 5.41) is 2.98. The molecule has 4 nitrogen and oxygen atoms in total. The Kier molecular flexibility index (Phi) is 5.41. The molecule has 0 bridgehead atoms. The first-order chi connectivity index (χ1) is 10.7. The maximum atomic E-state index is 12.5. The van der Waals surface area contributed by atoms with Gasteiger partial charge in [0, 0.05) is 13.1 Å². The molecule has 1 saturated heterocycles. The van der Waals surface area contributed by atoms with E-state index in [4.69, 9.17) is 23.2 Å². The first kappa shape index (κ1) is 17.9. The van der Waals surface area contributed by atoms with Crippen LogP contribution in [0.2, 0.25) is 10.0 Å². The van der Waals surface area contributed by atoms with E-state index in [1.165, 1.54) is 12.1 Å². The molecule has 1 aromatic carbocycles. The van der Waals surface area contributed by atoms with Gasteiger partial charge < -0.3 is 10.2 Å². The van der Waals surface area contributed by atoms with Crippen LogP contribution < -0.4 is 5.32 Å². The van der Waals surface area contributed by atoms with Crippen LogP contribution in [0.5, 0.6) is 0 Å². The summed E-state index contributed by atoms with van der Waals surface area (Å²) in [7, 11) is 0. The molecule has 1 heterocycles. The highest BCUT2D eigenvalue weighted by Crippen LogP contribution is 2.31. The Morgan fingerprint density at radius 1 is 1.22 bits per heavy atom. The Hall–Kier alpha value is -1.47. The maximum Gasteiger partial charge on any atom is 0.471 e. The molecule has 0 aromatic heterocycles. The van der Waals surface area contributed by atoms with Crippen LogP contribution in [0.15, 0.2) is 18.2 Å². The van der Waals surface area contributed by atoms with Crippen LogP contribution in [-0.2, 0) is 9.59 Å². The van der Waals surface area contributed by atoms with E-state index in [0.717, 1.165) is 0 Å². The van der Waals surface area contributed by atoms with Gasteiger partial charge in [-0.1, -0.05) is 29.3 Å². The van der Waals surface area contributed by atoms with Gasteiger partial charge in [-0.05, 0) is 25.0 Å². The van der Waals surface area contributed by atoms with Crippen molar-refractivity contribution in [1.82, 2.24) is 4.90 Å². The van der Waals surface area contributed by atoms with Gasteiger partial charge in [-0.15, -0.1) is 0 Å². The first-order valence-corrected chi connectivity index (χ1v) is 7.56. The third-order valence-corrected chi connectivity index (χ3v) is 4.16. The zero-order chi connectivity index (χ0) is 17.2. The van der Waals surface area contributed by atoms with Crippen molar-refractivity contribution in [2.45, 2.75) is 19.0 Å².